The first-order valence-electron chi connectivity index (χ1n) is 3.88. The molecule has 0 bridgehead atoms. The van der Waals surface area contributed by atoms with E-state index in [4.69, 9.17) is 5.11 Å². The normalized spacial score (nSPS) is 10.6. The summed E-state index contributed by atoms with van der Waals surface area (Å²) in [5.41, 5.74) is -0.124. The van der Waals surface area contributed by atoms with E-state index in [1.807, 2.05) is 0 Å². The van der Waals surface area contributed by atoms with Crippen LogP contribution in [0.5, 0.6) is 0 Å². The van der Waals surface area contributed by atoms with Gasteiger partial charge in [-0.25, -0.2) is 9.48 Å². The molecule has 12 heavy (non-hydrogen) atoms. The van der Waals surface area contributed by atoms with Gasteiger partial charge in [0.25, 0.3) is 0 Å². The van der Waals surface area contributed by atoms with Gasteiger partial charge in [-0.3, -0.25) is 4.57 Å². The predicted octanol–water partition coefficient (Wildman–Crippen LogP) is -0.727. The molecule has 5 nitrogen and oxygen atoms in total. The average molecular weight is 171 g/mol. The Labute approximate surface area is 70.2 Å². The van der Waals surface area contributed by atoms with Crippen molar-refractivity contribution in [2.24, 2.45) is 7.05 Å². The number of aryl methyl sites for hydroxylation is 2. The minimum absolute atomic E-state index is 0.0854. The highest BCUT2D eigenvalue weighted by Crippen LogP contribution is 1.87. The minimum atomic E-state index is -0.124. The highest BCUT2D eigenvalue weighted by atomic mass is 16.3. The summed E-state index contributed by atoms with van der Waals surface area (Å²) in [4.78, 5) is 11.3. The summed E-state index contributed by atoms with van der Waals surface area (Å²) in [6.07, 6.45) is 0.566. The van der Waals surface area contributed by atoms with Gasteiger partial charge in [0.2, 0.25) is 0 Å². The molecule has 5 heteroatoms. The first-order chi connectivity index (χ1) is 5.66. The number of aromatic nitrogens is 3. The highest BCUT2D eigenvalue weighted by molar-refractivity contribution is 4.81. The molecule has 1 aromatic heterocycles. The molecule has 1 rings (SSSR count). The lowest BCUT2D eigenvalue weighted by Gasteiger charge is -1.94. The van der Waals surface area contributed by atoms with Gasteiger partial charge < -0.3 is 5.11 Å². The van der Waals surface area contributed by atoms with Crippen LogP contribution in [0.1, 0.15) is 12.2 Å². The van der Waals surface area contributed by atoms with Gasteiger partial charge in [-0.05, 0) is 13.3 Å². The van der Waals surface area contributed by atoms with E-state index in [1.165, 1.54) is 9.25 Å². The van der Waals surface area contributed by atoms with Crippen molar-refractivity contribution < 1.29 is 5.11 Å². The monoisotopic (exact) mass is 171 g/mol. The molecule has 0 aliphatic rings. The number of nitrogens with zero attached hydrogens (tertiary/aromatic N) is 3. The van der Waals surface area contributed by atoms with Crippen molar-refractivity contribution in [3.8, 4) is 0 Å². The Kier molecular flexibility index (Phi) is 2.65. The van der Waals surface area contributed by atoms with Crippen LogP contribution in [0.2, 0.25) is 0 Å². The lowest BCUT2D eigenvalue weighted by Crippen LogP contribution is -2.23. The number of aliphatic hydroxyl groups excluding tert-OH is 1. The quantitative estimate of drug-likeness (QED) is 0.652. The molecule has 0 unspecified atom stereocenters. The molecule has 0 aliphatic heterocycles. The zero-order valence-electron chi connectivity index (χ0n) is 7.32. The van der Waals surface area contributed by atoms with Crippen LogP contribution in [0, 0.1) is 6.92 Å². The number of rotatable bonds is 3. The molecule has 1 N–H and O–H groups in total. The van der Waals surface area contributed by atoms with E-state index in [9.17, 15) is 4.79 Å². The van der Waals surface area contributed by atoms with Gasteiger partial charge >= 0.3 is 5.69 Å². The summed E-state index contributed by atoms with van der Waals surface area (Å²) in [6.45, 7) is 2.34. The molecule has 1 aromatic rings. The van der Waals surface area contributed by atoms with Crippen LogP contribution in [0.15, 0.2) is 4.79 Å². The van der Waals surface area contributed by atoms with Crippen molar-refractivity contribution in [1.82, 2.24) is 14.3 Å². The summed E-state index contributed by atoms with van der Waals surface area (Å²) in [5, 5.41) is 12.5. The second-order valence-corrected chi connectivity index (χ2v) is 2.69. The smallest absolute Gasteiger partial charge is 0.345 e. The van der Waals surface area contributed by atoms with Gasteiger partial charge in [-0.1, -0.05) is 0 Å². The van der Waals surface area contributed by atoms with Crippen molar-refractivity contribution in [3.05, 3.63) is 16.3 Å². The summed E-state index contributed by atoms with van der Waals surface area (Å²) < 4.78 is 2.85. The van der Waals surface area contributed by atoms with Crippen LogP contribution in [-0.4, -0.2) is 26.1 Å². The van der Waals surface area contributed by atoms with Crippen molar-refractivity contribution in [3.63, 3.8) is 0 Å². The summed E-state index contributed by atoms with van der Waals surface area (Å²) in [7, 11) is 1.68. The van der Waals surface area contributed by atoms with E-state index < -0.39 is 0 Å². The molecule has 1 heterocycles. The highest BCUT2D eigenvalue weighted by Gasteiger charge is 2.04. The van der Waals surface area contributed by atoms with Gasteiger partial charge in [0.05, 0.1) is 0 Å². The standard InChI is InChI=1S/C7H13N3O2/c1-6-8-10(4-3-5-11)7(12)9(6)2/h11H,3-5H2,1-2H3. The lowest BCUT2D eigenvalue weighted by atomic mass is 10.5. The molecule has 0 spiro atoms. The van der Waals surface area contributed by atoms with Gasteiger partial charge in [0.15, 0.2) is 0 Å². The Bertz CT molecular complexity index is 313. The first kappa shape index (κ1) is 8.99. The van der Waals surface area contributed by atoms with Crippen LogP contribution in [0.25, 0.3) is 0 Å². The minimum Gasteiger partial charge on any atom is -0.396 e. The van der Waals surface area contributed by atoms with Crippen molar-refractivity contribution in [1.29, 1.82) is 0 Å². The molecule has 68 valence electrons. The van der Waals surface area contributed by atoms with E-state index in [1.54, 1.807) is 14.0 Å². The zero-order valence-corrected chi connectivity index (χ0v) is 7.32. The molecule has 0 saturated carbocycles. The van der Waals surface area contributed by atoms with Crippen LogP contribution in [0.3, 0.4) is 0 Å². The maximum absolute atomic E-state index is 11.3. The van der Waals surface area contributed by atoms with Gasteiger partial charge in [0, 0.05) is 20.2 Å². The molecule has 0 fully saturated rings. The number of hydrogen-bond donors (Lipinski definition) is 1. The Morgan fingerprint density at radius 2 is 2.25 bits per heavy atom. The van der Waals surface area contributed by atoms with E-state index in [0.29, 0.717) is 18.8 Å². The van der Waals surface area contributed by atoms with Crippen molar-refractivity contribution in [2.45, 2.75) is 19.9 Å². The molecule has 0 amide bonds. The third kappa shape index (κ3) is 1.55. The Morgan fingerprint density at radius 1 is 1.58 bits per heavy atom. The molecule has 0 aromatic carbocycles. The topological polar surface area (TPSA) is 60.0 Å². The van der Waals surface area contributed by atoms with Gasteiger partial charge in [-0.15, -0.1) is 0 Å². The summed E-state index contributed by atoms with van der Waals surface area (Å²) in [5.74, 6) is 0.693. The zero-order chi connectivity index (χ0) is 9.14. The van der Waals surface area contributed by atoms with E-state index in [-0.39, 0.29) is 12.3 Å². The fraction of sp³-hybridized carbons (Fsp3) is 0.714. The lowest BCUT2D eigenvalue weighted by molar-refractivity contribution is 0.275. The van der Waals surface area contributed by atoms with E-state index in [2.05, 4.69) is 5.10 Å². The molecule has 0 saturated heterocycles. The third-order valence-electron chi connectivity index (χ3n) is 1.79. The molecule has 0 radical (unpaired) electrons. The third-order valence-corrected chi connectivity index (χ3v) is 1.79. The SMILES string of the molecule is Cc1nn(CCCO)c(=O)n1C. The van der Waals surface area contributed by atoms with Crippen molar-refractivity contribution >= 4 is 0 Å². The van der Waals surface area contributed by atoms with Crippen LogP contribution >= 0.6 is 0 Å². The second kappa shape index (κ2) is 3.53. The first-order valence-corrected chi connectivity index (χ1v) is 3.88. The fourth-order valence-electron chi connectivity index (χ4n) is 0.962. The van der Waals surface area contributed by atoms with Crippen LogP contribution in [0.4, 0.5) is 0 Å². The van der Waals surface area contributed by atoms with E-state index >= 15 is 0 Å². The van der Waals surface area contributed by atoms with Gasteiger partial charge in [0.1, 0.15) is 5.82 Å². The Hall–Kier alpha value is -1.10. The van der Waals surface area contributed by atoms with Gasteiger partial charge in [-0.2, -0.15) is 5.10 Å². The predicted molar refractivity (Wildman–Crippen MR) is 43.9 cm³/mol. The largest absolute Gasteiger partial charge is 0.396 e. The summed E-state index contributed by atoms with van der Waals surface area (Å²) >= 11 is 0. The Balaban J connectivity index is 2.87. The van der Waals surface area contributed by atoms with Crippen LogP contribution < -0.4 is 5.69 Å². The summed E-state index contributed by atoms with van der Waals surface area (Å²) in [6, 6.07) is 0. The number of hydrogen-bond acceptors (Lipinski definition) is 3. The molecule has 0 atom stereocenters. The van der Waals surface area contributed by atoms with Crippen molar-refractivity contribution in [2.75, 3.05) is 6.61 Å². The maximum atomic E-state index is 11.3. The number of aliphatic hydroxyl groups is 1. The average Bonchev–Trinajstić information content (AvgIpc) is 2.30. The van der Waals surface area contributed by atoms with E-state index in [0.717, 1.165) is 0 Å². The maximum Gasteiger partial charge on any atom is 0.345 e. The molecular formula is C7H13N3O2. The Morgan fingerprint density at radius 3 is 2.67 bits per heavy atom. The van der Waals surface area contributed by atoms with Crippen LogP contribution in [-0.2, 0) is 13.6 Å². The second-order valence-electron chi connectivity index (χ2n) is 2.69. The molecule has 0 aliphatic carbocycles. The fourth-order valence-corrected chi connectivity index (χ4v) is 0.962. The molecular weight excluding hydrogens is 158 g/mol.